The Morgan fingerprint density at radius 1 is 1.00 bits per heavy atom. The molecule has 1 atom stereocenters. The molecule has 1 N–H and O–H groups in total. The highest BCUT2D eigenvalue weighted by molar-refractivity contribution is 5.89. The summed E-state index contributed by atoms with van der Waals surface area (Å²) in [6.45, 7) is 5.31. The molecule has 0 saturated carbocycles. The van der Waals surface area contributed by atoms with Crippen LogP contribution in [0.5, 0.6) is 5.75 Å². The lowest BCUT2D eigenvalue weighted by Crippen LogP contribution is -2.31. The van der Waals surface area contributed by atoms with E-state index in [1.54, 1.807) is 18.2 Å². The number of carboxylic acids is 1. The van der Waals surface area contributed by atoms with Crippen LogP contribution in [0.3, 0.4) is 0 Å². The molecule has 3 rings (SSSR count). The summed E-state index contributed by atoms with van der Waals surface area (Å²) in [6.07, 6.45) is 0.934. The molecule has 0 aliphatic rings. The maximum Gasteiger partial charge on any atom is 0.335 e. The Bertz CT molecular complexity index is 1110. The Balaban J connectivity index is 1.60. The van der Waals surface area contributed by atoms with Crippen LogP contribution in [0.2, 0.25) is 0 Å². The molecule has 3 aromatic rings. The number of benzene rings is 3. The van der Waals surface area contributed by atoms with Gasteiger partial charge in [-0.15, -0.1) is 5.92 Å². The minimum absolute atomic E-state index is 0.286. The summed E-state index contributed by atoms with van der Waals surface area (Å²) in [5.74, 6) is 5.98. The van der Waals surface area contributed by atoms with Crippen LogP contribution in [0.1, 0.15) is 35.3 Å². The van der Waals surface area contributed by atoms with E-state index < -0.39 is 5.97 Å². The fraction of sp³-hybridized carbons (Fsp3) is 0.250. The Labute approximate surface area is 190 Å². The van der Waals surface area contributed by atoms with E-state index in [9.17, 15) is 9.90 Å². The van der Waals surface area contributed by atoms with Gasteiger partial charge in [-0.05, 0) is 73.8 Å². The first-order valence-corrected chi connectivity index (χ1v) is 10.7. The maximum absolute atomic E-state index is 11.2. The van der Waals surface area contributed by atoms with Crippen LogP contribution in [0.25, 0.3) is 11.1 Å². The summed E-state index contributed by atoms with van der Waals surface area (Å²) in [4.78, 5) is 13.4. The summed E-state index contributed by atoms with van der Waals surface area (Å²) in [5.41, 5.74) is 4.44. The molecule has 0 spiro atoms. The van der Waals surface area contributed by atoms with Crippen molar-refractivity contribution in [2.75, 3.05) is 13.6 Å². The molecule has 0 heterocycles. The third-order valence-electron chi connectivity index (χ3n) is 5.49. The SMILES string of the molecule is CC#CCN(C)[C@H](C)Cc1cccc(OCc2ccc(-c3cccc(C(=O)O)c3)cc2)c1. The van der Waals surface area contributed by atoms with Crippen molar-refractivity contribution in [3.05, 3.63) is 89.5 Å². The molecule has 0 bridgehead atoms. The van der Waals surface area contributed by atoms with Crippen LogP contribution in [-0.4, -0.2) is 35.6 Å². The number of carboxylic acid groups (broad SMARTS) is 1. The van der Waals surface area contributed by atoms with Crippen LogP contribution >= 0.6 is 0 Å². The third kappa shape index (κ3) is 6.47. The number of nitrogens with zero attached hydrogens (tertiary/aromatic N) is 1. The molecular formula is C28H29NO3. The molecule has 4 heteroatoms. The molecule has 164 valence electrons. The molecule has 0 radical (unpaired) electrons. The second kappa shape index (κ2) is 11.2. The van der Waals surface area contributed by atoms with Gasteiger partial charge in [0.25, 0.3) is 0 Å². The van der Waals surface area contributed by atoms with Gasteiger partial charge >= 0.3 is 5.97 Å². The summed E-state index contributed by atoms with van der Waals surface area (Å²) in [7, 11) is 2.09. The van der Waals surface area contributed by atoms with Crippen molar-refractivity contribution in [3.8, 4) is 28.7 Å². The Morgan fingerprint density at radius 2 is 1.75 bits per heavy atom. The van der Waals surface area contributed by atoms with Crippen molar-refractivity contribution in [3.63, 3.8) is 0 Å². The van der Waals surface area contributed by atoms with E-state index in [0.717, 1.165) is 35.4 Å². The lowest BCUT2D eigenvalue weighted by molar-refractivity contribution is 0.0697. The minimum atomic E-state index is -0.922. The molecule has 0 amide bonds. The van der Waals surface area contributed by atoms with Crippen molar-refractivity contribution in [1.82, 2.24) is 4.90 Å². The smallest absolute Gasteiger partial charge is 0.335 e. The third-order valence-corrected chi connectivity index (χ3v) is 5.49. The van der Waals surface area contributed by atoms with Gasteiger partial charge in [-0.2, -0.15) is 0 Å². The van der Waals surface area contributed by atoms with Crippen LogP contribution in [0, 0.1) is 11.8 Å². The largest absolute Gasteiger partial charge is 0.489 e. The predicted octanol–water partition coefficient (Wildman–Crippen LogP) is 5.52. The molecule has 0 aromatic heterocycles. The molecule has 0 aliphatic heterocycles. The first kappa shape index (κ1) is 23.1. The van der Waals surface area contributed by atoms with Gasteiger partial charge in [0, 0.05) is 6.04 Å². The highest BCUT2D eigenvalue weighted by Gasteiger charge is 2.10. The monoisotopic (exact) mass is 427 g/mol. The normalized spacial score (nSPS) is 11.5. The number of hydrogen-bond acceptors (Lipinski definition) is 3. The molecular weight excluding hydrogens is 398 g/mol. The molecule has 0 aliphatic carbocycles. The second-order valence-corrected chi connectivity index (χ2v) is 7.91. The standard InChI is InChI=1S/C28H29NO3/c1-4-5-16-29(3)21(2)17-23-8-6-11-27(18-23)32-20-22-12-14-24(15-13-22)25-9-7-10-26(19-25)28(30)31/h6-15,18-19,21H,16-17,20H2,1-3H3,(H,30,31)/t21-/m1/s1. The fourth-order valence-corrected chi connectivity index (χ4v) is 3.41. The van der Waals surface area contributed by atoms with E-state index in [0.29, 0.717) is 12.6 Å². The Morgan fingerprint density at radius 3 is 2.47 bits per heavy atom. The Kier molecular flexibility index (Phi) is 8.08. The van der Waals surface area contributed by atoms with E-state index in [-0.39, 0.29) is 5.56 Å². The van der Waals surface area contributed by atoms with Crippen LogP contribution in [0.15, 0.2) is 72.8 Å². The average Bonchev–Trinajstić information content (AvgIpc) is 2.81. The first-order chi connectivity index (χ1) is 15.5. The molecule has 3 aromatic carbocycles. The van der Waals surface area contributed by atoms with Gasteiger partial charge in [0.05, 0.1) is 12.1 Å². The van der Waals surface area contributed by atoms with Gasteiger partial charge in [-0.1, -0.05) is 54.5 Å². The van der Waals surface area contributed by atoms with Crippen molar-refractivity contribution in [2.45, 2.75) is 32.9 Å². The van der Waals surface area contributed by atoms with E-state index in [1.807, 2.05) is 49.4 Å². The lowest BCUT2D eigenvalue weighted by atomic mass is 10.0. The van der Waals surface area contributed by atoms with Crippen molar-refractivity contribution in [1.29, 1.82) is 0 Å². The quantitative estimate of drug-likeness (QED) is 0.457. The van der Waals surface area contributed by atoms with Gasteiger partial charge < -0.3 is 9.84 Å². The topological polar surface area (TPSA) is 49.8 Å². The zero-order chi connectivity index (χ0) is 22.9. The van der Waals surface area contributed by atoms with Gasteiger partial charge in [0.1, 0.15) is 12.4 Å². The summed E-state index contributed by atoms with van der Waals surface area (Å²) in [5, 5.41) is 9.18. The number of ether oxygens (including phenoxy) is 1. The van der Waals surface area contributed by atoms with Crippen molar-refractivity contribution in [2.24, 2.45) is 0 Å². The van der Waals surface area contributed by atoms with Gasteiger partial charge in [-0.3, -0.25) is 4.90 Å². The van der Waals surface area contributed by atoms with Crippen molar-refractivity contribution >= 4 is 5.97 Å². The predicted molar refractivity (Wildman–Crippen MR) is 129 cm³/mol. The van der Waals surface area contributed by atoms with Gasteiger partial charge in [0.15, 0.2) is 0 Å². The number of likely N-dealkylation sites (N-methyl/N-ethyl adjacent to an activating group) is 1. The highest BCUT2D eigenvalue weighted by Crippen LogP contribution is 2.22. The zero-order valence-electron chi connectivity index (χ0n) is 18.8. The van der Waals surface area contributed by atoms with E-state index in [2.05, 4.69) is 42.8 Å². The molecule has 0 fully saturated rings. The lowest BCUT2D eigenvalue weighted by Gasteiger charge is -2.22. The molecule has 32 heavy (non-hydrogen) atoms. The highest BCUT2D eigenvalue weighted by atomic mass is 16.5. The maximum atomic E-state index is 11.2. The van der Waals surface area contributed by atoms with E-state index >= 15 is 0 Å². The number of carbonyl (C=O) groups is 1. The van der Waals surface area contributed by atoms with Gasteiger partial charge in [0.2, 0.25) is 0 Å². The number of aromatic carboxylic acids is 1. The molecule has 4 nitrogen and oxygen atoms in total. The van der Waals surface area contributed by atoms with Crippen LogP contribution in [0.4, 0.5) is 0 Å². The summed E-state index contributed by atoms with van der Waals surface area (Å²) >= 11 is 0. The van der Waals surface area contributed by atoms with E-state index in [1.165, 1.54) is 5.56 Å². The Hall–Kier alpha value is -3.55. The van der Waals surface area contributed by atoms with Crippen LogP contribution < -0.4 is 4.74 Å². The second-order valence-electron chi connectivity index (χ2n) is 7.91. The zero-order valence-corrected chi connectivity index (χ0v) is 18.8. The van der Waals surface area contributed by atoms with Crippen molar-refractivity contribution < 1.29 is 14.6 Å². The van der Waals surface area contributed by atoms with E-state index in [4.69, 9.17) is 4.74 Å². The minimum Gasteiger partial charge on any atom is -0.489 e. The van der Waals surface area contributed by atoms with Gasteiger partial charge in [-0.25, -0.2) is 4.79 Å². The fourth-order valence-electron chi connectivity index (χ4n) is 3.41. The number of hydrogen-bond donors (Lipinski definition) is 1. The molecule has 0 unspecified atom stereocenters. The average molecular weight is 428 g/mol. The van der Waals surface area contributed by atoms with Crippen LogP contribution in [-0.2, 0) is 13.0 Å². The number of rotatable bonds is 9. The summed E-state index contributed by atoms with van der Waals surface area (Å²) < 4.78 is 6.02. The molecule has 0 saturated heterocycles. The first-order valence-electron chi connectivity index (χ1n) is 10.7. The summed E-state index contributed by atoms with van der Waals surface area (Å²) in [6, 6.07) is 23.6.